The van der Waals surface area contributed by atoms with Gasteiger partial charge in [0.2, 0.25) is 0 Å². The second-order valence-electron chi connectivity index (χ2n) is 5.52. The van der Waals surface area contributed by atoms with Gasteiger partial charge in [-0.15, -0.1) is 11.6 Å². The number of fused-ring (bicyclic) bond motifs is 1. The summed E-state index contributed by atoms with van der Waals surface area (Å²) in [5.74, 6) is 1.80. The summed E-state index contributed by atoms with van der Waals surface area (Å²) in [6.07, 6.45) is 5.69. The van der Waals surface area contributed by atoms with E-state index < -0.39 is 8.07 Å². The molecule has 2 saturated carbocycles. The Morgan fingerprint density at radius 2 is 1.50 bits per heavy atom. The van der Waals surface area contributed by atoms with Crippen molar-refractivity contribution in [1.29, 1.82) is 0 Å². The molecule has 0 amide bonds. The summed E-state index contributed by atoms with van der Waals surface area (Å²) >= 11 is 6.75. The zero-order valence-corrected chi connectivity index (χ0v) is 10.1. The van der Waals surface area contributed by atoms with Gasteiger partial charge in [-0.2, -0.15) is 0 Å². The summed E-state index contributed by atoms with van der Waals surface area (Å²) in [4.78, 5) is 0. The van der Waals surface area contributed by atoms with Crippen molar-refractivity contribution in [1.82, 2.24) is 0 Å². The van der Waals surface area contributed by atoms with Gasteiger partial charge >= 0.3 is 0 Å². The average molecular weight is 203 g/mol. The number of halogens is 1. The molecular formula is C10H19ClSi. The van der Waals surface area contributed by atoms with Crippen LogP contribution in [0.5, 0.6) is 0 Å². The van der Waals surface area contributed by atoms with Crippen molar-refractivity contribution in [2.45, 2.75) is 49.8 Å². The van der Waals surface area contributed by atoms with Gasteiger partial charge in [0.15, 0.2) is 0 Å². The largest absolute Gasteiger partial charge is 0.122 e. The minimum absolute atomic E-state index is 0.295. The zero-order valence-electron chi connectivity index (χ0n) is 8.36. The maximum Gasteiger partial charge on any atom is 0.0695 e. The molecule has 2 fully saturated rings. The first-order chi connectivity index (χ1) is 5.48. The van der Waals surface area contributed by atoms with E-state index in [-0.39, 0.29) is 0 Å². The van der Waals surface area contributed by atoms with Crippen LogP contribution in [-0.2, 0) is 0 Å². The van der Waals surface area contributed by atoms with Gasteiger partial charge in [0.05, 0.1) is 8.07 Å². The van der Waals surface area contributed by atoms with Gasteiger partial charge in [-0.25, -0.2) is 0 Å². The highest BCUT2D eigenvalue weighted by Gasteiger charge is 2.68. The molecule has 0 heterocycles. The van der Waals surface area contributed by atoms with E-state index >= 15 is 0 Å². The summed E-state index contributed by atoms with van der Waals surface area (Å²) in [5, 5.41) is 0. The lowest BCUT2D eigenvalue weighted by Crippen LogP contribution is -2.38. The first kappa shape index (κ1) is 9.08. The molecule has 2 atom stereocenters. The van der Waals surface area contributed by atoms with E-state index in [9.17, 15) is 0 Å². The van der Waals surface area contributed by atoms with Crippen molar-refractivity contribution in [3.05, 3.63) is 0 Å². The molecule has 0 aromatic heterocycles. The second kappa shape index (κ2) is 2.51. The third kappa shape index (κ3) is 1.02. The lowest BCUT2D eigenvalue weighted by molar-refractivity contribution is 0.480. The maximum atomic E-state index is 6.75. The van der Waals surface area contributed by atoms with Crippen LogP contribution in [0.15, 0.2) is 0 Å². The molecule has 0 saturated heterocycles. The normalized spacial score (nSPS) is 47.0. The Balaban J connectivity index is 2.15. The van der Waals surface area contributed by atoms with E-state index in [2.05, 4.69) is 19.6 Å². The molecule has 2 aliphatic rings. The van der Waals surface area contributed by atoms with Crippen molar-refractivity contribution < 1.29 is 0 Å². The van der Waals surface area contributed by atoms with E-state index in [1.165, 1.54) is 25.7 Å². The Kier molecular flexibility index (Phi) is 1.90. The minimum Gasteiger partial charge on any atom is -0.122 e. The third-order valence-electron chi connectivity index (χ3n) is 3.89. The van der Waals surface area contributed by atoms with E-state index in [0.29, 0.717) is 4.50 Å². The molecule has 2 rings (SSSR count). The van der Waals surface area contributed by atoms with Crippen molar-refractivity contribution in [3.8, 4) is 0 Å². The first-order valence-corrected chi connectivity index (χ1v) is 9.04. The van der Waals surface area contributed by atoms with Gasteiger partial charge in [0.1, 0.15) is 0 Å². The molecule has 0 nitrogen and oxygen atoms in total. The van der Waals surface area contributed by atoms with Gasteiger partial charge in [-0.3, -0.25) is 0 Å². The Morgan fingerprint density at radius 3 is 1.83 bits per heavy atom. The van der Waals surface area contributed by atoms with Crippen LogP contribution in [0, 0.1) is 11.8 Å². The standard InChI is InChI=1S/C10H19ClSi/c1-12(2,3)10(11)8-6-4-5-7-9(8)10/h8-9H,4-7H2,1-3H3/t8-,9-/m0/s1. The molecular weight excluding hydrogens is 184 g/mol. The third-order valence-corrected chi connectivity index (χ3v) is 9.19. The summed E-state index contributed by atoms with van der Waals surface area (Å²) < 4.78 is 0.295. The smallest absolute Gasteiger partial charge is 0.0695 e. The van der Waals surface area contributed by atoms with E-state index in [0.717, 1.165) is 11.8 Å². The molecule has 12 heavy (non-hydrogen) atoms. The maximum absolute atomic E-state index is 6.75. The summed E-state index contributed by atoms with van der Waals surface area (Å²) in [5.41, 5.74) is 0. The van der Waals surface area contributed by atoms with E-state index in [4.69, 9.17) is 11.6 Å². The van der Waals surface area contributed by atoms with Gasteiger partial charge in [0.25, 0.3) is 0 Å². The highest BCUT2D eigenvalue weighted by Crippen LogP contribution is 2.66. The lowest BCUT2D eigenvalue weighted by Gasteiger charge is -2.24. The van der Waals surface area contributed by atoms with Crippen LogP contribution < -0.4 is 0 Å². The van der Waals surface area contributed by atoms with Crippen LogP contribution in [0.3, 0.4) is 0 Å². The monoisotopic (exact) mass is 202 g/mol. The first-order valence-electron chi connectivity index (χ1n) is 5.17. The quantitative estimate of drug-likeness (QED) is 0.450. The highest BCUT2D eigenvalue weighted by atomic mass is 35.5. The molecule has 2 heteroatoms. The van der Waals surface area contributed by atoms with Gasteiger partial charge in [-0.1, -0.05) is 32.5 Å². The predicted molar refractivity (Wildman–Crippen MR) is 57.4 cm³/mol. The van der Waals surface area contributed by atoms with E-state index in [1.54, 1.807) is 0 Å². The Bertz CT molecular complexity index is 183. The zero-order chi connectivity index (χ0) is 8.98. The van der Waals surface area contributed by atoms with Crippen LogP contribution in [0.25, 0.3) is 0 Å². The lowest BCUT2D eigenvalue weighted by atomic mass is 10.0. The molecule has 2 aliphatic carbocycles. The molecule has 0 spiro atoms. The Morgan fingerprint density at radius 1 is 1.08 bits per heavy atom. The van der Waals surface area contributed by atoms with Crippen LogP contribution in [0.4, 0.5) is 0 Å². The molecule has 0 unspecified atom stereocenters. The van der Waals surface area contributed by atoms with Crippen molar-refractivity contribution in [3.63, 3.8) is 0 Å². The number of alkyl halides is 1. The molecule has 0 aromatic carbocycles. The molecule has 0 aromatic rings. The highest BCUT2D eigenvalue weighted by molar-refractivity contribution is 6.87. The fraction of sp³-hybridized carbons (Fsp3) is 1.00. The SMILES string of the molecule is C[Si](C)(C)C1(Cl)[C@H]2CCCC[C@@H]21. The van der Waals surface area contributed by atoms with Crippen LogP contribution in [-0.4, -0.2) is 12.6 Å². The molecule has 0 aliphatic heterocycles. The number of rotatable bonds is 1. The molecule has 0 radical (unpaired) electrons. The summed E-state index contributed by atoms with van der Waals surface area (Å²) in [6, 6.07) is 0. The summed E-state index contributed by atoms with van der Waals surface area (Å²) in [6.45, 7) is 7.29. The van der Waals surface area contributed by atoms with Crippen LogP contribution in [0.2, 0.25) is 19.6 Å². The fourth-order valence-corrected chi connectivity index (χ4v) is 6.45. The fourth-order valence-electron chi connectivity index (χ4n) is 3.16. The predicted octanol–water partition coefficient (Wildman–Crippen LogP) is 3.66. The van der Waals surface area contributed by atoms with Crippen LogP contribution >= 0.6 is 11.6 Å². The van der Waals surface area contributed by atoms with Gasteiger partial charge in [0, 0.05) is 4.50 Å². The topological polar surface area (TPSA) is 0 Å². The van der Waals surface area contributed by atoms with Crippen molar-refractivity contribution in [2.75, 3.05) is 0 Å². The van der Waals surface area contributed by atoms with Gasteiger partial charge in [-0.05, 0) is 24.7 Å². The molecule has 0 N–H and O–H groups in total. The number of hydrogen-bond acceptors (Lipinski definition) is 0. The average Bonchev–Trinajstić information content (AvgIpc) is 2.59. The minimum atomic E-state index is -1.11. The van der Waals surface area contributed by atoms with Crippen LogP contribution in [0.1, 0.15) is 25.7 Å². The van der Waals surface area contributed by atoms with E-state index in [1.807, 2.05) is 0 Å². The number of hydrogen-bond donors (Lipinski definition) is 0. The Hall–Kier alpha value is 0.507. The Labute approximate surface area is 81.7 Å². The molecule has 0 bridgehead atoms. The second-order valence-corrected chi connectivity index (χ2v) is 11.8. The van der Waals surface area contributed by atoms with Crippen molar-refractivity contribution in [2.24, 2.45) is 11.8 Å². The summed E-state index contributed by atoms with van der Waals surface area (Å²) in [7, 11) is -1.11. The van der Waals surface area contributed by atoms with Crippen molar-refractivity contribution >= 4 is 19.7 Å². The van der Waals surface area contributed by atoms with Gasteiger partial charge < -0.3 is 0 Å². The molecule has 70 valence electrons.